The zero-order valence-electron chi connectivity index (χ0n) is 6.12. The van der Waals surface area contributed by atoms with Crippen LogP contribution in [0.3, 0.4) is 0 Å². The normalized spacial score (nSPS) is 8.82. The lowest BCUT2D eigenvalue weighted by atomic mass is 10.6. The maximum absolute atomic E-state index is 10.4. The Balaban J connectivity index is 3.76. The zero-order valence-corrected chi connectivity index (χ0v) is 7.76. The van der Waals surface area contributed by atoms with Gasteiger partial charge in [0.1, 0.15) is 0 Å². The van der Waals surface area contributed by atoms with Crippen LogP contribution >= 0.6 is 24.0 Å². The summed E-state index contributed by atoms with van der Waals surface area (Å²) in [4.78, 5) is 10.6. The lowest BCUT2D eigenvalue weighted by Crippen LogP contribution is -2.12. The van der Waals surface area contributed by atoms with Gasteiger partial charge in [0, 0.05) is 0 Å². The first-order chi connectivity index (χ1) is 5.07. The van der Waals surface area contributed by atoms with Crippen molar-refractivity contribution in [1.29, 1.82) is 0 Å². The molecule has 0 fully saturated rings. The molecule has 0 heterocycles. The highest BCUT2D eigenvalue weighted by molar-refractivity contribution is 8.25. The Morgan fingerprint density at radius 1 is 1.82 bits per heavy atom. The molecule has 62 valence electrons. The van der Waals surface area contributed by atoms with Gasteiger partial charge >= 0.3 is 0 Å². The van der Waals surface area contributed by atoms with Gasteiger partial charge in [-0.15, -0.1) is 0 Å². The fourth-order valence-electron chi connectivity index (χ4n) is 0.298. The number of rotatable bonds is 3. The van der Waals surface area contributed by atoms with E-state index in [0.29, 0.717) is 6.61 Å². The average Bonchev–Trinajstić information content (AvgIpc) is 1.87. The van der Waals surface area contributed by atoms with Crippen LogP contribution in [-0.4, -0.2) is 16.9 Å². The van der Waals surface area contributed by atoms with E-state index in [1.165, 1.54) is 0 Å². The third-order valence-electron chi connectivity index (χ3n) is 0.744. The number of carbonyl (C=O) groups is 1. The quantitative estimate of drug-likeness (QED) is 0.535. The smallest absolute Gasteiger partial charge is 0.255 e. The van der Waals surface area contributed by atoms with Gasteiger partial charge in [0.05, 0.1) is 11.5 Å². The van der Waals surface area contributed by atoms with E-state index < -0.39 is 5.91 Å². The highest BCUT2D eigenvalue weighted by Gasteiger charge is 2.06. The minimum absolute atomic E-state index is 0.198. The molecule has 0 saturated heterocycles. The van der Waals surface area contributed by atoms with Gasteiger partial charge in [0.15, 0.2) is 0 Å². The van der Waals surface area contributed by atoms with E-state index in [1.54, 1.807) is 6.92 Å². The Morgan fingerprint density at radius 3 is 2.73 bits per heavy atom. The lowest BCUT2D eigenvalue weighted by Gasteiger charge is -2.02. The Morgan fingerprint density at radius 2 is 2.36 bits per heavy atom. The Kier molecular flexibility index (Phi) is 4.89. The van der Waals surface area contributed by atoms with Crippen LogP contribution in [0.15, 0.2) is 11.5 Å². The van der Waals surface area contributed by atoms with Crippen molar-refractivity contribution in [3.05, 3.63) is 11.5 Å². The summed E-state index contributed by atoms with van der Waals surface area (Å²) in [6.45, 7) is 5.69. The van der Waals surface area contributed by atoms with Crippen molar-refractivity contribution in [3.8, 4) is 0 Å². The third-order valence-corrected chi connectivity index (χ3v) is 1.84. The average molecular weight is 191 g/mol. The summed E-state index contributed by atoms with van der Waals surface area (Å²) in [7, 11) is 0. The highest BCUT2D eigenvalue weighted by Crippen LogP contribution is 2.15. The van der Waals surface area contributed by atoms with Crippen molar-refractivity contribution in [1.82, 2.24) is 0 Å². The predicted molar refractivity (Wildman–Crippen MR) is 50.1 cm³/mol. The SMILES string of the molecule is C=C(SC(=S)OCC)C(N)=O. The topological polar surface area (TPSA) is 52.3 Å². The molecule has 0 radical (unpaired) electrons. The molecule has 0 aromatic rings. The van der Waals surface area contributed by atoms with Crippen molar-refractivity contribution in [2.75, 3.05) is 6.61 Å². The standard InChI is InChI=1S/C6H9NO2S2/c1-3-9-6(10)11-4(2)5(7)8/h2-3H2,1H3,(H2,7,8). The third kappa shape index (κ3) is 4.80. The number of hydrogen-bond acceptors (Lipinski definition) is 4. The Bertz CT molecular complexity index is 191. The number of primary amides is 1. The van der Waals surface area contributed by atoms with Crippen LogP contribution in [0.2, 0.25) is 0 Å². The number of nitrogens with two attached hydrogens (primary N) is 1. The first kappa shape index (κ1) is 10.4. The number of thioether (sulfide) groups is 1. The second kappa shape index (κ2) is 5.15. The summed E-state index contributed by atoms with van der Waals surface area (Å²) >= 11 is 5.69. The van der Waals surface area contributed by atoms with E-state index in [1.807, 2.05) is 0 Å². The highest BCUT2D eigenvalue weighted by atomic mass is 32.2. The van der Waals surface area contributed by atoms with Gasteiger partial charge in [-0.1, -0.05) is 6.58 Å². The van der Waals surface area contributed by atoms with E-state index in [-0.39, 0.29) is 9.29 Å². The van der Waals surface area contributed by atoms with E-state index in [0.717, 1.165) is 11.8 Å². The number of carbonyl (C=O) groups excluding carboxylic acids is 1. The van der Waals surface area contributed by atoms with Gasteiger partial charge in [-0.3, -0.25) is 4.79 Å². The molecular weight excluding hydrogens is 182 g/mol. The van der Waals surface area contributed by atoms with Gasteiger partial charge in [-0.25, -0.2) is 0 Å². The van der Waals surface area contributed by atoms with Gasteiger partial charge in [-0.2, -0.15) is 0 Å². The van der Waals surface area contributed by atoms with Crippen molar-refractivity contribution >= 4 is 34.3 Å². The Hall–Kier alpha value is -0.550. The molecule has 0 saturated carbocycles. The summed E-state index contributed by atoms with van der Waals surface area (Å²) in [6, 6.07) is 0. The van der Waals surface area contributed by atoms with E-state index >= 15 is 0 Å². The molecule has 0 aromatic carbocycles. The summed E-state index contributed by atoms with van der Waals surface area (Å²) in [5, 5.41) is 0. The molecule has 0 aliphatic rings. The number of ether oxygens (including phenoxy) is 1. The zero-order chi connectivity index (χ0) is 8.85. The molecule has 1 amide bonds. The maximum atomic E-state index is 10.4. The van der Waals surface area contributed by atoms with E-state index in [9.17, 15) is 4.79 Å². The molecule has 0 aliphatic heterocycles. The number of thiocarbonyl (C=S) groups is 1. The summed E-state index contributed by atoms with van der Waals surface area (Å²) in [5.41, 5.74) is 4.91. The van der Waals surface area contributed by atoms with Crippen LogP contribution in [0.4, 0.5) is 0 Å². The number of amides is 1. The molecule has 3 nitrogen and oxygen atoms in total. The van der Waals surface area contributed by atoms with Crippen LogP contribution in [0, 0.1) is 0 Å². The molecule has 0 bridgehead atoms. The molecule has 0 rings (SSSR count). The summed E-state index contributed by atoms with van der Waals surface area (Å²) < 4.78 is 5.16. The summed E-state index contributed by atoms with van der Waals surface area (Å²) in [5.74, 6) is -0.572. The van der Waals surface area contributed by atoms with Crippen LogP contribution in [0.1, 0.15) is 6.92 Å². The van der Waals surface area contributed by atoms with E-state index in [2.05, 4.69) is 6.58 Å². The molecule has 0 aliphatic carbocycles. The van der Waals surface area contributed by atoms with Crippen molar-refractivity contribution in [2.45, 2.75) is 6.92 Å². The van der Waals surface area contributed by atoms with E-state index in [4.69, 9.17) is 22.7 Å². The molecule has 0 atom stereocenters. The van der Waals surface area contributed by atoms with Crippen LogP contribution in [0.5, 0.6) is 0 Å². The van der Waals surface area contributed by atoms with Gasteiger partial charge in [-0.05, 0) is 30.9 Å². The van der Waals surface area contributed by atoms with Gasteiger partial charge in [0.25, 0.3) is 5.91 Å². The molecule has 0 spiro atoms. The minimum atomic E-state index is -0.572. The van der Waals surface area contributed by atoms with Gasteiger partial charge in [0.2, 0.25) is 4.38 Å². The summed E-state index contributed by atoms with van der Waals surface area (Å²) in [6.07, 6.45) is 0. The molecule has 5 heteroatoms. The first-order valence-corrected chi connectivity index (χ1v) is 4.13. The van der Waals surface area contributed by atoms with Crippen molar-refractivity contribution in [2.24, 2.45) is 5.73 Å². The fourth-order valence-corrected chi connectivity index (χ4v) is 1.20. The fraction of sp³-hybridized carbons (Fsp3) is 0.333. The molecule has 2 N–H and O–H groups in total. The minimum Gasteiger partial charge on any atom is -0.479 e. The molecular formula is C6H9NO2S2. The van der Waals surface area contributed by atoms with Gasteiger partial charge < -0.3 is 10.5 Å². The largest absolute Gasteiger partial charge is 0.479 e. The second-order valence-electron chi connectivity index (χ2n) is 1.57. The first-order valence-electron chi connectivity index (χ1n) is 2.91. The van der Waals surface area contributed by atoms with Crippen LogP contribution in [0.25, 0.3) is 0 Å². The number of hydrogen-bond donors (Lipinski definition) is 1. The van der Waals surface area contributed by atoms with Crippen molar-refractivity contribution < 1.29 is 9.53 Å². The van der Waals surface area contributed by atoms with Crippen molar-refractivity contribution in [3.63, 3.8) is 0 Å². The molecule has 0 unspecified atom stereocenters. The second-order valence-corrected chi connectivity index (χ2v) is 3.27. The van der Waals surface area contributed by atoms with Crippen LogP contribution in [-0.2, 0) is 9.53 Å². The maximum Gasteiger partial charge on any atom is 0.255 e. The monoisotopic (exact) mass is 191 g/mol. The lowest BCUT2D eigenvalue weighted by molar-refractivity contribution is -0.113. The Labute approximate surface area is 75.0 Å². The molecule has 0 aromatic heterocycles. The predicted octanol–water partition coefficient (Wildman–Crippen LogP) is 1.04. The molecule has 11 heavy (non-hydrogen) atoms. The van der Waals surface area contributed by atoms with Crippen LogP contribution < -0.4 is 5.73 Å².